The highest BCUT2D eigenvalue weighted by Gasteiger charge is 2.30. The van der Waals surface area contributed by atoms with Crippen molar-refractivity contribution in [3.05, 3.63) is 82.4 Å². The second-order valence-corrected chi connectivity index (χ2v) is 13.5. The molecule has 2 unspecified atom stereocenters. The van der Waals surface area contributed by atoms with Crippen LogP contribution in [0.1, 0.15) is 112 Å². The van der Waals surface area contributed by atoms with Gasteiger partial charge in [-0.2, -0.15) is 0 Å². The molecular formula is C41H55N3O4. The molecule has 2 N–H and O–H groups in total. The third-order valence-corrected chi connectivity index (χ3v) is 9.17. The van der Waals surface area contributed by atoms with Gasteiger partial charge in [0, 0.05) is 23.7 Å². The molecule has 1 aliphatic rings. The minimum atomic E-state index is -0.810. The van der Waals surface area contributed by atoms with Crippen molar-refractivity contribution in [2.45, 2.75) is 118 Å². The highest BCUT2D eigenvalue weighted by Crippen LogP contribution is 2.31. The number of aromatic nitrogens is 3. The summed E-state index contributed by atoms with van der Waals surface area (Å²) >= 11 is 0. The predicted octanol–water partition coefficient (Wildman–Crippen LogP) is 9.54. The summed E-state index contributed by atoms with van der Waals surface area (Å²) in [6.45, 7) is 11.1. The number of nitrogens with zero attached hydrogens (tertiary/aromatic N) is 3. The Bertz CT molecular complexity index is 1510. The number of hydrogen-bond donors (Lipinski definition) is 2. The number of rotatable bonds is 19. The van der Waals surface area contributed by atoms with Crippen molar-refractivity contribution < 1.29 is 19.7 Å². The first-order chi connectivity index (χ1) is 23.2. The normalized spacial score (nSPS) is 15.4. The van der Waals surface area contributed by atoms with E-state index < -0.39 is 23.6 Å². The van der Waals surface area contributed by atoms with Gasteiger partial charge in [-0.1, -0.05) is 131 Å². The number of aliphatic hydroxyl groups excluding tert-OH is 2. The van der Waals surface area contributed by atoms with Gasteiger partial charge in [0.05, 0.1) is 18.3 Å². The number of Topliss-reactive ketones (excluding diaryl/α,β-unsaturated/α-hetero) is 1. The summed E-state index contributed by atoms with van der Waals surface area (Å²) in [6, 6.07) is 12.2. The van der Waals surface area contributed by atoms with Crippen LogP contribution in [0.2, 0.25) is 0 Å². The Morgan fingerprint density at radius 1 is 0.729 bits per heavy atom. The lowest BCUT2D eigenvalue weighted by Crippen LogP contribution is -2.26. The summed E-state index contributed by atoms with van der Waals surface area (Å²) in [5.41, 5.74) is 6.27. The molecule has 0 fully saturated rings. The molecule has 0 radical (unpaired) electrons. The molecule has 0 spiro atoms. The van der Waals surface area contributed by atoms with Crippen LogP contribution in [0.15, 0.2) is 54.3 Å². The van der Waals surface area contributed by atoms with Crippen LogP contribution in [0.25, 0.3) is 28.3 Å². The molecule has 48 heavy (non-hydrogen) atoms. The van der Waals surface area contributed by atoms with Gasteiger partial charge in [-0.05, 0) is 51.7 Å². The van der Waals surface area contributed by atoms with E-state index in [0.717, 1.165) is 46.2 Å². The number of carbonyl (C=O) groups excluding carboxylic acids is 1. The van der Waals surface area contributed by atoms with E-state index in [1.54, 1.807) is 12.2 Å². The van der Waals surface area contributed by atoms with E-state index in [1.165, 1.54) is 57.8 Å². The third kappa shape index (κ3) is 10.7. The van der Waals surface area contributed by atoms with Gasteiger partial charge in [0.2, 0.25) is 5.78 Å². The molecular weight excluding hydrogens is 598 g/mol. The number of allylic oxidation sites excluding steroid dienone is 4. The van der Waals surface area contributed by atoms with E-state index in [2.05, 4.69) is 19.1 Å². The number of aliphatic hydroxyl groups is 2. The second-order valence-electron chi connectivity index (χ2n) is 13.5. The van der Waals surface area contributed by atoms with Crippen molar-refractivity contribution >= 4 is 11.4 Å². The topological polar surface area (TPSA) is 105 Å². The van der Waals surface area contributed by atoms with Crippen LogP contribution in [0.5, 0.6) is 0 Å². The van der Waals surface area contributed by atoms with E-state index in [0.29, 0.717) is 18.3 Å². The van der Waals surface area contributed by atoms with Gasteiger partial charge in [-0.15, -0.1) is 0 Å². The Morgan fingerprint density at radius 3 is 1.75 bits per heavy atom. The fourth-order valence-corrected chi connectivity index (χ4v) is 6.37. The standard InChI is InChI=1S/C41H55N3O4/c1-6-7-8-9-10-11-12-13-14-15-16-23-48-27-33(45)26-32-19-22-36(38(47)37(32)46)41-43-39(34-20-17-28(2)24-30(34)4)42-40(44-41)35-21-18-29(3)25-31(35)5/h17-22,24-25,32-33,45,47H,6-16,23,26-27H2,1-5H3. The number of unbranched alkanes of at least 4 members (excludes halogenated alkanes) is 10. The van der Waals surface area contributed by atoms with Crippen molar-refractivity contribution in [1.82, 2.24) is 15.0 Å². The molecule has 0 amide bonds. The fourth-order valence-electron chi connectivity index (χ4n) is 6.37. The molecule has 1 heterocycles. The molecule has 2 aromatic carbocycles. The number of aryl methyl sites for hydroxylation is 4. The first-order valence-corrected chi connectivity index (χ1v) is 18.0. The summed E-state index contributed by atoms with van der Waals surface area (Å²) in [4.78, 5) is 27.7. The SMILES string of the molecule is CCCCCCCCCCCCCOCC(O)CC1C=CC(c2nc(-c3ccc(C)cc3C)nc(-c3ccc(C)cc3C)n2)=C(O)C1=O. The predicted molar refractivity (Wildman–Crippen MR) is 195 cm³/mol. The number of ketones is 1. The summed E-state index contributed by atoms with van der Waals surface area (Å²) in [7, 11) is 0. The first kappa shape index (κ1) is 37.1. The van der Waals surface area contributed by atoms with Crippen LogP contribution in [0, 0.1) is 33.6 Å². The van der Waals surface area contributed by atoms with Crippen molar-refractivity contribution in [3.8, 4) is 22.8 Å². The number of benzene rings is 2. The quantitative estimate of drug-likeness (QED) is 0.124. The molecule has 1 aromatic heterocycles. The lowest BCUT2D eigenvalue weighted by atomic mass is 9.89. The van der Waals surface area contributed by atoms with Crippen molar-refractivity contribution in [2.24, 2.45) is 5.92 Å². The molecule has 4 rings (SSSR count). The molecule has 0 bridgehead atoms. The summed E-state index contributed by atoms with van der Waals surface area (Å²) in [5.74, 6) is -0.346. The Labute approximate surface area is 287 Å². The van der Waals surface area contributed by atoms with Gasteiger partial charge in [0.1, 0.15) is 0 Å². The maximum absolute atomic E-state index is 13.3. The minimum absolute atomic E-state index is 0.165. The molecule has 0 aliphatic heterocycles. The van der Waals surface area contributed by atoms with Crippen LogP contribution in [0.3, 0.4) is 0 Å². The largest absolute Gasteiger partial charge is 0.504 e. The molecule has 0 saturated heterocycles. The zero-order valence-electron chi connectivity index (χ0n) is 29.7. The monoisotopic (exact) mass is 653 g/mol. The molecule has 7 heteroatoms. The maximum atomic E-state index is 13.3. The lowest BCUT2D eigenvalue weighted by Gasteiger charge is -2.20. The summed E-state index contributed by atoms with van der Waals surface area (Å²) in [5, 5.41) is 21.8. The van der Waals surface area contributed by atoms with E-state index in [1.807, 2.05) is 52.0 Å². The van der Waals surface area contributed by atoms with E-state index in [-0.39, 0.29) is 24.4 Å². The van der Waals surface area contributed by atoms with Crippen LogP contribution >= 0.6 is 0 Å². The van der Waals surface area contributed by atoms with Gasteiger partial charge >= 0.3 is 0 Å². The van der Waals surface area contributed by atoms with Gasteiger partial charge in [0.15, 0.2) is 23.2 Å². The van der Waals surface area contributed by atoms with Gasteiger partial charge in [-0.3, -0.25) is 4.79 Å². The van der Waals surface area contributed by atoms with E-state index in [4.69, 9.17) is 19.7 Å². The van der Waals surface area contributed by atoms with Crippen molar-refractivity contribution in [3.63, 3.8) is 0 Å². The zero-order valence-corrected chi connectivity index (χ0v) is 29.7. The van der Waals surface area contributed by atoms with E-state index >= 15 is 0 Å². The zero-order chi connectivity index (χ0) is 34.5. The fraction of sp³-hybridized carbons (Fsp3) is 0.512. The van der Waals surface area contributed by atoms with Crippen molar-refractivity contribution in [2.75, 3.05) is 13.2 Å². The van der Waals surface area contributed by atoms with Gasteiger partial charge < -0.3 is 14.9 Å². The number of hydrogen-bond acceptors (Lipinski definition) is 7. The Kier molecular flexibility index (Phi) is 14.5. The third-order valence-electron chi connectivity index (χ3n) is 9.17. The average Bonchev–Trinajstić information content (AvgIpc) is 3.05. The molecule has 0 saturated carbocycles. The Balaban J connectivity index is 1.35. The molecule has 7 nitrogen and oxygen atoms in total. The number of ether oxygens (including phenoxy) is 1. The van der Waals surface area contributed by atoms with Crippen LogP contribution in [-0.2, 0) is 9.53 Å². The van der Waals surface area contributed by atoms with Crippen LogP contribution in [-0.4, -0.2) is 50.3 Å². The van der Waals surface area contributed by atoms with Crippen molar-refractivity contribution in [1.29, 1.82) is 0 Å². The molecule has 2 atom stereocenters. The lowest BCUT2D eigenvalue weighted by molar-refractivity contribution is -0.121. The summed E-state index contributed by atoms with van der Waals surface area (Å²) < 4.78 is 5.73. The Morgan fingerprint density at radius 2 is 1.23 bits per heavy atom. The minimum Gasteiger partial charge on any atom is -0.504 e. The molecule has 3 aromatic rings. The number of carbonyl (C=O) groups is 1. The Hall–Kier alpha value is -3.68. The maximum Gasteiger partial charge on any atom is 0.204 e. The van der Waals surface area contributed by atoms with E-state index in [9.17, 15) is 15.0 Å². The van der Waals surface area contributed by atoms with Gasteiger partial charge in [-0.25, -0.2) is 15.0 Å². The van der Waals surface area contributed by atoms with Crippen LogP contribution < -0.4 is 0 Å². The van der Waals surface area contributed by atoms with Gasteiger partial charge in [0.25, 0.3) is 0 Å². The second kappa shape index (κ2) is 18.8. The highest BCUT2D eigenvalue weighted by atomic mass is 16.5. The summed E-state index contributed by atoms with van der Waals surface area (Å²) in [6.07, 6.45) is 16.8. The molecule has 1 aliphatic carbocycles. The smallest absolute Gasteiger partial charge is 0.204 e. The average molecular weight is 654 g/mol. The first-order valence-electron chi connectivity index (χ1n) is 18.0. The molecule has 258 valence electrons. The van der Waals surface area contributed by atoms with Crippen LogP contribution in [0.4, 0.5) is 0 Å². The highest BCUT2D eigenvalue weighted by molar-refractivity contribution is 6.06.